The van der Waals surface area contributed by atoms with Gasteiger partial charge in [-0.2, -0.15) is 0 Å². The van der Waals surface area contributed by atoms with E-state index in [9.17, 15) is 9.18 Å². The van der Waals surface area contributed by atoms with Crippen molar-refractivity contribution in [3.05, 3.63) is 34.6 Å². The molecule has 0 aromatic heterocycles. The molecule has 0 saturated carbocycles. The molecule has 0 aliphatic heterocycles. The number of carbonyl (C=O) groups is 1. The molecule has 76 valence electrons. The predicted octanol–water partition coefficient (Wildman–Crippen LogP) is 2.62. The second-order valence-electron chi connectivity index (χ2n) is 3.09. The summed E-state index contributed by atoms with van der Waals surface area (Å²) in [5, 5.41) is 0. The van der Waals surface area contributed by atoms with Crippen molar-refractivity contribution in [3.8, 4) is 0 Å². The number of aryl methyl sites for hydroxylation is 1. The summed E-state index contributed by atoms with van der Waals surface area (Å²) in [5.41, 5.74) is 1.33. The van der Waals surface area contributed by atoms with Gasteiger partial charge in [0.05, 0.1) is 12.2 Å². The van der Waals surface area contributed by atoms with Crippen molar-refractivity contribution in [2.45, 2.75) is 20.8 Å². The maximum atomic E-state index is 13.5. The third kappa shape index (κ3) is 1.92. The van der Waals surface area contributed by atoms with Crippen LogP contribution in [0.15, 0.2) is 12.1 Å². The van der Waals surface area contributed by atoms with Gasteiger partial charge in [0.15, 0.2) is 0 Å². The maximum absolute atomic E-state index is 13.5. The quantitative estimate of drug-likeness (QED) is 0.679. The molecule has 0 heterocycles. The molecule has 0 amide bonds. The summed E-state index contributed by atoms with van der Waals surface area (Å²) >= 11 is 0. The molecule has 0 unspecified atom stereocenters. The first kappa shape index (κ1) is 10.7. The molecule has 0 saturated heterocycles. The highest BCUT2D eigenvalue weighted by atomic mass is 19.1. The zero-order chi connectivity index (χ0) is 10.7. The van der Waals surface area contributed by atoms with Crippen molar-refractivity contribution < 1.29 is 13.9 Å². The lowest BCUT2D eigenvalue weighted by Crippen LogP contribution is -2.08. The standard InChI is InChI=1S/C11H13FO2/c1-4-14-11(13)9-6-5-7(2)8(3)10(9)12/h5-6H,4H2,1-3H3. The molecule has 0 fully saturated rings. The molecule has 0 aliphatic carbocycles. The van der Waals surface area contributed by atoms with Gasteiger partial charge in [0.1, 0.15) is 5.82 Å². The second kappa shape index (κ2) is 4.22. The summed E-state index contributed by atoms with van der Waals surface area (Å²) in [7, 11) is 0. The van der Waals surface area contributed by atoms with Gasteiger partial charge in [0, 0.05) is 0 Å². The number of halogens is 1. The van der Waals surface area contributed by atoms with Crippen molar-refractivity contribution in [3.63, 3.8) is 0 Å². The highest BCUT2D eigenvalue weighted by Crippen LogP contribution is 2.16. The number of esters is 1. The number of carbonyl (C=O) groups excluding carboxylic acids is 1. The van der Waals surface area contributed by atoms with E-state index in [0.29, 0.717) is 5.56 Å². The Labute approximate surface area is 82.7 Å². The summed E-state index contributed by atoms with van der Waals surface area (Å²) in [6.45, 7) is 5.39. The number of hydrogen-bond donors (Lipinski definition) is 0. The van der Waals surface area contributed by atoms with Crippen molar-refractivity contribution in [2.24, 2.45) is 0 Å². The molecule has 0 N–H and O–H groups in total. The first-order valence-corrected chi connectivity index (χ1v) is 4.50. The van der Waals surface area contributed by atoms with Gasteiger partial charge in [0.25, 0.3) is 0 Å². The molecular formula is C11H13FO2. The fourth-order valence-corrected chi connectivity index (χ4v) is 1.15. The smallest absolute Gasteiger partial charge is 0.341 e. The minimum Gasteiger partial charge on any atom is -0.462 e. The first-order valence-electron chi connectivity index (χ1n) is 4.50. The topological polar surface area (TPSA) is 26.3 Å². The summed E-state index contributed by atoms with van der Waals surface area (Å²) in [6, 6.07) is 3.17. The van der Waals surface area contributed by atoms with Gasteiger partial charge in [-0.25, -0.2) is 9.18 Å². The Hall–Kier alpha value is -1.38. The molecule has 0 atom stereocenters. The zero-order valence-corrected chi connectivity index (χ0v) is 8.56. The average Bonchev–Trinajstić information content (AvgIpc) is 2.15. The lowest BCUT2D eigenvalue weighted by atomic mass is 10.1. The predicted molar refractivity (Wildman–Crippen MR) is 51.8 cm³/mol. The van der Waals surface area contributed by atoms with Crippen LogP contribution in [0.5, 0.6) is 0 Å². The normalized spacial score (nSPS) is 10.0. The molecule has 0 aliphatic rings. The van der Waals surface area contributed by atoms with Crippen LogP contribution in [0.25, 0.3) is 0 Å². The summed E-state index contributed by atoms with van der Waals surface area (Å²) < 4.78 is 18.3. The Morgan fingerprint density at radius 1 is 1.43 bits per heavy atom. The van der Waals surface area contributed by atoms with Gasteiger partial charge in [-0.05, 0) is 38.0 Å². The van der Waals surface area contributed by atoms with E-state index >= 15 is 0 Å². The van der Waals surface area contributed by atoms with E-state index in [0.717, 1.165) is 5.56 Å². The van der Waals surface area contributed by atoms with Gasteiger partial charge in [0.2, 0.25) is 0 Å². The van der Waals surface area contributed by atoms with Gasteiger partial charge in [-0.3, -0.25) is 0 Å². The third-order valence-corrected chi connectivity index (χ3v) is 2.15. The van der Waals surface area contributed by atoms with Gasteiger partial charge in [-0.1, -0.05) is 6.07 Å². The van der Waals surface area contributed by atoms with Crippen molar-refractivity contribution in [1.29, 1.82) is 0 Å². The van der Waals surface area contributed by atoms with Crippen LogP contribution in [0.2, 0.25) is 0 Å². The number of rotatable bonds is 2. The molecule has 0 radical (unpaired) electrons. The van der Waals surface area contributed by atoms with Crippen LogP contribution in [0.4, 0.5) is 4.39 Å². The van der Waals surface area contributed by atoms with Crippen LogP contribution < -0.4 is 0 Å². The molecule has 1 aromatic carbocycles. The minimum atomic E-state index is -0.604. The van der Waals surface area contributed by atoms with Crippen LogP contribution in [0, 0.1) is 19.7 Å². The lowest BCUT2D eigenvalue weighted by molar-refractivity contribution is 0.0521. The van der Waals surface area contributed by atoms with E-state index in [1.54, 1.807) is 26.8 Å². The molecular weight excluding hydrogens is 183 g/mol. The van der Waals surface area contributed by atoms with E-state index in [1.807, 2.05) is 0 Å². The fourth-order valence-electron chi connectivity index (χ4n) is 1.15. The molecule has 0 spiro atoms. The van der Waals surface area contributed by atoms with E-state index in [1.165, 1.54) is 6.07 Å². The Bertz CT molecular complexity index is 359. The Morgan fingerprint density at radius 2 is 2.07 bits per heavy atom. The van der Waals surface area contributed by atoms with Crippen LogP contribution in [0.1, 0.15) is 28.4 Å². The second-order valence-corrected chi connectivity index (χ2v) is 3.09. The van der Waals surface area contributed by atoms with Crippen molar-refractivity contribution in [1.82, 2.24) is 0 Å². The highest BCUT2D eigenvalue weighted by Gasteiger charge is 2.15. The van der Waals surface area contributed by atoms with E-state index in [4.69, 9.17) is 4.74 Å². The summed E-state index contributed by atoms with van der Waals surface area (Å²) in [4.78, 5) is 11.3. The van der Waals surface area contributed by atoms with Gasteiger partial charge < -0.3 is 4.74 Å². The molecule has 14 heavy (non-hydrogen) atoms. The SMILES string of the molecule is CCOC(=O)c1ccc(C)c(C)c1F. The minimum absolute atomic E-state index is 0.00921. The third-order valence-electron chi connectivity index (χ3n) is 2.15. The first-order chi connectivity index (χ1) is 6.57. The monoisotopic (exact) mass is 196 g/mol. The van der Waals surface area contributed by atoms with Crippen molar-refractivity contribution in [2.75, 3.05) is 6.61 Å². The van der Waals surface area contributed by atoms with Crippen molar-refractivity contribution >= 4 is 5.97 Å². The molecule has 2 nitrogen and oxygen atoms in total. The number of hydrogen-bond acceptors (Lipinski definition) is 2. The average molecular weight is 196 g/mol. The molecule has 0 bridgehead atoms. The Morgan fingerprint density at radius 3 is 2.64 bits per heavy atom. The van der Waals surface area contributed by atoms with Gasteiger partial charge >= 0.3 is 5.97 Å². The van der Waals surface area contributed by atoms with E-state index < -0.39 is 11.8 Å². The van der Waals surface area contributed by atoms with E-state index in [2.05, 4.69) is 0 Å². The number of ether oxygens (including phenoxy) is 1. The number of benzene rings is 1. The summed E-state index contributed by atoms with van der Waals surface area (Å²) in [6.07, 6.45) is 0. The lowest BCUT2D eigenvalue weighted by Gasteiger charge is -2.06. The highest BCUT2D eigenvalue weighted by molar-refractivity contribution is 5.90. The van der Waals surface area contributed by atoms with Crippen LogP contribution in [-0.2, 0) is 4.74 Å². The Kier molecular flexibility index (Phi) is 3.23. The van der Waals surface area contributed by atoms with Crippen LogP contribution in [-0.4, -0.2) is 12.6 Å². The molecule has 1 rings (SSSR count). The molecule has 3 heteroatoms. The zero-order valence-electron chi connectivity index (χ0n) is 8.56. The van der Waals surface area contributed by atoms with Crippen LogP contribution >= 0.6 is 0 Å². The largest absolute Gasteiger partial charge is 0.462 e. The fraction of sp³-hybridized carbons (Fsp3) is 0.364. The van der Waals surface area contributed by atoms with Crippen LogP contribution in [0.3, 0.4) is 0 Å². The Balaban J connectivity index is 3.11. The molecule has 1 aromatic rings. The van der Waals surface area contributed by atoms with Gasteiger partial charge in [-0.15, -0.1) is 0 Å². The maximum Gasteiger partial charge on any atom is 0.341 e. The van der Waals surface area contributed by atoms with E-state index in [-0.39, 0.29) is 12.2 Å². The summed E-state index contributed by atoms with van der Waals surface area (Å²) in [5.74, 6) is -1.09.